The van der Waals surface area contributed by atoms with E-state index < -0.39 is 0 Å². The highest BCUT2D eigenvalue weighted by Gasteiger charge is 2.13. The summed E-state index contributed by atoms with van der Waals surface area (Å²) in [7, 11) is 0. The van der Waals surface area contributed by atoms with E-state index in [4.69, 9.17) is 11.2 Å². The van der Waals surface area contributed by atoms with Crippen LogP contribution in [0.1, 0.15) is 26.3 Å². The molecule has 0 fully saturated rings. The minimum atomic E-state index is 0.148. The molecule has 0 unspecified atom stereocenters. The van der Waals surface area contributed by atoms with E-state index in [2.05, 4.69) is 32.8 Å². The monoisotopic (exact) mass is 188 g/mol. The van der Waals surface area contributed by atoms with E-state index in [-0.39, 0.29) is 5.41 Å². The van der Waals surface area contributed by atoms with Crippen LogP contribution in [0.2, 0.25) is 0 Å². The SMILES string of the molecule is C#CCOc1cccc(C(C)(C)C)c1. The fourth-order valence-electron chi connectivity index (χ4n) is 1.18. The molecular formula is C13H16O. The predicted octanol–water partition coefficient (Wildman–Crippen LogP) is 3.00. The lowest BCUT2D eigenvalue weighted by molar-refractivity contribution is 0.369. The quantitative estimate of drug-likeness (QED) is 0.648. The average molecular weight is 188 g/mol. The smallest absolute Gasteiger partial charge is 0.148 e. The van der Waals surface area contributed by atoms with Gasteiger partial charge < -0.3 is 4.74 Å². The van der Waals surface area contributed by atoms with Crippen LogP contribution in [0.25, 0.3) is 0 Å². The fourth-order valence-corrected chi connectivity index (χ4v) is 1.18. The molecule has 0 saturated carbocycles. The number of benzene rings is 1. The third-order valence-corrected chi connectivity index (χ3v) is 2.02. The Bertz CT molecular complexity index is 339. The molecule has 0 radical (unpaired) electrons. The zero-order chi connectivity index (χ0) is 10.6. The van der Waals surface area contributed by atoms with E-state index in [9.17, 15) is 0 Å². The van der Waals surface area contributed by atoms with Gasteiger partial charge in [-0.15, -0.1) is 6.42 Å². The summed E-state index contributed by atoms with van der Waals surface area (Å²) in [5.41, 5.74) is 1.40. The van der Waals surface area contributed by atoms with Gasteiger partial charge in [-0.1, -0.05) is 38.8 Å². The number of ether oxygens (including phenoxy) is 1. The molecule has 0 saturated heterocycles. The molecule has 0 aliphatic heterocycles. The van der Waals surface area contributed by atoms with Gasteiger partial charge in [0.15, 0.2) is 0 Å². The van der Waals surface area contributed by atoms with Gasteiger partial charge in [0.1, 0.15) is 12.4 Å². The summed E-state index contributed by atoms with van der Waals surface area (Å²) in [5.74, 6) is 3.30. The minimum Gasteiger partial charge on any atom is -0.481 e. The van der Waals surface area contributed by atoms with Gasteiger partial charge in [0.2, 0.25) is 0 Å². The van der Waals surface area contributed by atoms with E-state index in [0.717, 1.165) is 5.75 Å². The van der Waals surface area contributed by atoms with Crippen molar-refractivity contribution in [2.24, 2.45) is 0 Å². The first-order valence-electron chi connectivity index (χ1n) is 4.71. The Morgan fingerprint density at radius 1 is 1.36 bits per heavy atom. The van der Waals surface area contributed by atoms with Gasteiger partial charge in [-0.3, -0.25) is 0 Å². The van der Waals surface area contributed by atoms with Gasteiger partial charge in [-0.05, 0) is 23.1 Å². The van der Waals surface area contributed by atoms with Gasteiger partial charge in [0.25, 0.3) is 0 Å². The Balaban J connectivity index is 2.86. The molecule has 0 bridgehead atoms. The maximum Gasteiger partial charge on any atom is 0.148 e. The summed E-state index contributed by atoms with van der Waals surface area (Å²) in [5, 5.41) is 0. The van der Waals surface area contributed by atoms with Crippen LogP contribution in [0.15, 0.2) is 24.3 Å². The van der Waals surface area contributed by atoms with Crippen LogP contribution in [0, 0.1) is 12.3 Å². The lowest BCUT2D eigenvalue weighted by atomic mass is 9.87. The summed E-state index contributed by atoms with van der Waals surface area (Å²) >= 11 is 0. The average Bonchev–Trinajstić information content (AvgIpc) is 2.14. The third kappa shape index (κ3) is 2.81. The zero-order valence-electron chi connectivity index (χ0n) is 9.00. The van der Waals surface area contributed by atoms with Crippen molar-refractivity contribution in [1.29, 1.82) is 0 Å². The Morgan fingerprint density at radius 3 is 2.64 bits per heavy atom. The van der Waals surface area contributed by atoms with Crippen LogP contribution in [-0.4, -0.2) is 6.61 Å². The lowest BCUT2D eigenvalue weighted by Crippen LogP contribution is -2.10. The topological polar surface area (TPSA) is 9.23 Å². The van der Waals surface area contributed by atoms with Gasteiger partial charge >= 0.3 is 0 Å². The van der Waals surface area contributed by atoms with E-state index in [1.165, 1.54) is 5.56 Å². The van der Waals surface area contributed by atoms with Gasteiger partial charge in [0.05, 0.1) is 0 Å². The van der Waals surface area contributed by atoms with Crippen molar-refractivity contribution >= 4 is 0 Å². The van der Waals surface area contributed by atoms with E-state index >= 15 is 0 Å². The van der Waals surface area contributed by atoms with E-state index in [1.807, 2.05) is 18.2 Å². The number of hydrogen-bond acceptors (Lipinski definition) is 1. The largest absolute Gasteiger partial charge is 0.481 e. The first-order valence-corrected chi connectivity index (χ1v) is 4.71. The second kappa shape index (κ2) is 4.19. The normalized spacial score (nSPS) is 10.7. The summed E-state index contributed by atoms with van der Waals surface area (Å²) in [6.07, 6.45) is 5.13. The first kappa shape index (κ1) is 10.7. The molecule has 0 N–H and O–H groups in total. The highest BCUT2D eigenvalue weighted by Crippen LogP contribution is 2.25. The van der Waals surface area contributed by atoms with Gasteiger partial charge in [0, 0.05) is 0 Å². The Hall–Kier alpha value is -1.42. The van der Waals surface area contributed by atoms with Gasteiger partial charge in [-0.2, -0.15) is 0 Å². The van der Waals surface area contributed by atoms with Crippen LogP contribution in [0.5, 0.6) is 5.75 Å². The van der Waals surface area contributed by atoms with Crippen molar-refractivity contribution in [3.63, 3.8) is 0 Å². The molecule has 74 valence electrons. The van der Waals surface area contributed by atoms with Crippen molar-refractivity contribution in [2.75, 3.05) is 6.61 Å². The molecule has 0 spiro atoms. The number of terminal acetylenes is 1. The molecule has 1 nitrogen and oxygen atoms in total. The molecule has 1 aromatic carbocycles. The van der Waals surface area contributed by atoms with Crippen LogP contribution in [0.3, 0.4) is 0 Å². The summed E-state index contributed by atoms with van der Waals surface area (Å²) in [6, 6.07) is 8.05. The molecule has 0 atom stereocenters. The van der Waals surface area contributed by atoms with E-state index in [0.29, 0.717) is 6.61 Å². The molecular weight excluding hydrogens is 172 g/mol. The Kier molecular flexibility index (Phi) is 3.19. The molecule has 0 aliphatic carbocycles. The molecule has 0 amide bonds. The van der Waals surface area contributed by atoms with Crippen molar-refractivity contribution in [3.8, 4) is 18.1 Å². The summed E-state index contributed by atoms with van der Waals surface area (Å²) in [6.45, 7) is 6.85. The molecule has 0 aromatic heterocycles. The molecule has 14 heavy (non-hydrogen) atoms. The van der Waals surface area contributed by atoms with E-state index in [1.54, 1.807) is 0 Å². The van der Waals surface area contributed by atoms with Crippen LogP contribution in [-0.2, 0) is 5.41 Å². The second-order valence-corrected chi connectivity index (χ2v) is 4.27. The van der Waals surface area contributed by atoms with Crippen molar-refractivity contribution in [2.45, 2.75) is 26.2 Å². The molecule has 0 heterocycles. The Morgan fingerprint density at radius 2 is 2.07 bits per heavy atom. The highest BCUT2D eigenvalue weighted by molar-refractivity contribution is 5.32. The van der Waals surface area contributed by atoms with Crippen molar-refractivity contribution < 1.29 is 4.74 Å². The fraction of sp³-hybridized carbons (Fsp3) is 0.385. The van der Waals surface area contributed by atoms with Crippen LogP contribution in [0.4, 0.5) is 0 Å². The summed E-state index contributed by atoms with van der Waals surface area (Å²) < 4.78 is 5.35. The lowest BCUT2D eigenvalue weighted by Gasteiger charge is -2.19. The van der Waals surface area contributed by atoms with Crippen LogP contribution >= 0.6 is 0 Å². The first-order chi connectivity index (χ1) is 6.54. The Labute approximate surface area is 86.1 Å². The van der Waals surface area contributed by atoms with Crippen molar-refractivity contribution in [1.82, 2.24) is 0 Å². The maximum absolute atomic E-state index is 5.35. The molecule has 1 rings (SSSR count). The van der Waals surface area contributed by atoms with Crippen LogP contribution < -0.4 is 4.74 Å². The third-order valence-electron chi connectivity index (χ3n) is 2.02. The highest BCUT2D eigenvalue weighted by atomic mass is 16.5. The van der Waals surface area contributed by atoms with Crippen molar-refractivity contribution in [3.05, 3.63) is 29.8 Å². The molecule has 1 heteroatoms. The van der Waals surface area contributed by atoms with Gasteiger partial charge in [-0.25, -0.2) is 0 Å². The zero-order valence-corrected chi connectivity index (χ0v) is 9.00. The number of rotatable bonds is 2. The predicted molar refractivity (Wildman–Crippen MR) is 59.5 cm³/mol. The minimum absolute atomic E-state index is 0.148. The summed E-state index contributed by atoms with van der Waals surface area (Å²) in [4.78, 5) is 0. The second-order valence-electron chi connectivity index (χ2n) is 4.27. The standard InChI is InChI=1S/C13H16O/c1-5-9-14-12-8-6-7-11(10-12)13(2,3)4/h1,6-8,10H,9H2,2-4H3. The maximum atomic E-state index is 5.35. The number of hydrogen-bond donors (Lipinski definition) is 0. The molecule has 0 aliphatic rings. The molecule has 1 aromatic rings.